The van der Waals surface area contributed by atoms with Gasteiger partial charge in [0, 0.05) is 0 Å². The van der Waals surface area contributed by atoms with E-state index in [9.17, 15) is 19.7 Å². The monoisotopic (exact) mass is 172 g/mol. The van der Waals surface area contributed by atoms with Crippen molar-refractivity contribution in [3.63, 3.8) is 0 Å². The maximum atomic E-state index is 12.7. The Kier molecular flexibility index (Phi) is 1.90. The Labute approximate surface area is 66.8 Å². The number of nitrogens with zero attached hydrogens (tertiary/aromatic N) is 2. The summed E-state index contributed by atoms with van der Waals surface area (Å²) in [5, 5.41) is 20.8. The fourth-order valence-corrected chi connectivity index (χ4v) is 0.732. The second-order valence-electron chi connectivity index (χ2n) is 2.22. The van der Waals surface area contributed by atoms with Crippen molar-refractivity contribution >= 4 is 5.82 Å². The Morgan fingerprint density at radius 1 is 1.58 bits per heavy atom. The van der Waals surface area contributed by atoms with E-state index in [2.05, 4.69) is 0 Å². The van der Waals surface area contributed by atoms with Gasteiger partial charge in [-0.3, -0.25) is 10.1 Å². The highest BCUT2D eigenvalue weighted by atomic mass is 19.1. The summed E-state index contributed by atoms with van der Waals surface area (Å²) < 4.78 is 12.4. The summed E-state index contributed by atoms with van der Waals surface area (Å²) in [4.78, 5) is 9.17. The molecule has 5 nitrogen and oxygen atoms in total. The summed E-state index contributed by atoms with van der Waals surface area (Å²) in [6.45, 7) is 1.35. The zero-order chi connectivity index (χ0) is 9.30. The molecule has 0 aliphatic heterocycles. The van der Waals surface area contributed by atoms with Gasteiger partial charge in [0.25, 0.3) is 0 Å². The Balaban J connectivity index is 3.36. The fourth-order valence-electron chi connectivity index (χ4n) is 0.732. The Hall–Kier alpha value is -1.72. The molecule has 1 aromatic rings. The van der Waals surface area contributed by atoms with Crippen LogP contribution in [0, 0.1) is 28.2 Å². The summed E-state index contributed by atoms with van der Waals surface area (Å²) in [6, 6.07) is 2.15. The molecule has 0 radical (unpaired) electrons. The van der Waals surface area contributed by atoms with E-state index >= 15 is 0 Å². The standard InChI is InChI=1S/C6H5FN2O3/c1-4-2-3-5(9(11)12)8(10)6(4)7/h2-3H,1H3. The Morgan fingerprint density at radius 3 is 2.67 bits per heavy atom. The zero-order valence-corrected chi connectivity index (χ0v) is 6.15. The lowest BCUT2D eigenvalue weighted by molar-refractivity contribution is -0.688. The molecule has 0 atom stereocenters. The minimum atomic E-state index is -1.14. The lowest BCUT2D eigenvalue weighted by atomic mass is 10.3. The van der Waals surface area contributed by atoms with Gasteiger partial charge in [-0.1, -0.05) is 4.73 Å². The summed E-state index contributed by atoms with van der Waals surface area (Å²) in [5.74, 6) is -1.94. The summed E-state index contributed by atoms with van der Waals surface area (Å²) in [7, 11) is 0. The Morgan fingerprint density at radius 2 is 2.17 bits per heavy atom. The molecule has 0 aliphatic carbocycles. The quantitative estimate of drug-likeness (QED) is 0.205. The molecule has 64 valence electrons. The lowest BCUT2D eigenvalue weighted by Crippen LogP contribution is -2.35. The van der Waals surface area contributed by atoms with Crippen LogP contribution < -0.4 is 4.73 Å². The largest absolute Gasteiger partial charge is 0.612 e. The van der Waals surface area contributed by atoms with Crippen molar-refractivity contribution in [3.05, 3.63) is 39.0 Å². The number of pyridine rings is 1. The first-order valence-electron chi connectivity index (χ1n) is 3.07. The number of hydrogen-bond acceptors (Lipinski definition) is 3. The van der Waals surface area contributed by atoms with Crippen molar-refractivity contribution in [2.75, 3.05) is 0 Å². The van der Waals surface area contributed by atoms with Crippen LogP contribution in [-0.4, -0.2) is 4.92 Å². The molecule has 0 N–H and O–H groups in total. The van der Waals surface area contributed by atoms with Crippen LogP contribution in [0.4, 0.5) is 10.2 Å². The second-order valence-corrected chi connectivity index (χ2v) is 2.22. The average molecular weight is 172 g/mol. The molecule has 6 heteroatoms. The predicted octanol–water partition coefficient (Wildman–Crippen LogP) is 0.676. The Bertz CT molecular complexity index is 340. The van der Waals surface area contributed by atoms with Gasteiger partial charge in [0.2, 0.25) is 0 Å². The third-order valence-corrected chi connectivity index (χ3v) is 1.38. The number of halogens is 1. The number of aromatic nitrogens is 1. The normalized spacial score (nSPS) is 9.83. The summed E-state index contributed by atoms with van der Waals surface area (Å²) >= 11 is 0. The van der Waals surface area contributed by atoms with Crippen LogP contribution in [0.15, 0.2) is 12.1 Å². The van der Waals surface area contributed by atoms with E-state index in [-0.39, 0.29) is 10.3 Å². The molecule has 1 rings (SSSR count). The van der Waals surface area contributed by atoms with Crippen LogP contribution in [0.25, 0.3) is 0 Å². The molecule has 0 saturated carbocycles. The van der Waals surface area contributed by atoms with Crippen molar-refractivity contribution in [2.45, 2.75) is 6.92 Å². The maximum absolute atomic E-state index is 12.7. The first-order chi connectivity index (χ1) is 5.54. The van der Waals surface area contributed by atoms with Crippen molar-refractivity contribution < 1.29 is 14.0 Å². The van der Waals surface area contributed by atoms with Crippen LogP contribution in [0.5, 0.6) is 0 Å². The summed E-state index contributed by atoms with van der Waals surface area (Å²) in [6.07, 6.45) is 0. The maximum Gasteiger partial charge on any atom is 0.515 e. The lowest BCUT2D eigenvalue weighted by Gasteiger charge is -1.98. The third-order valence-electron chi connectivity index (χ3n) is 1.38. The van der Waals surface area contributed by atoms with Crippen molar-refractivity contribution in [1.29, 1.82) is 0 Å². The van der Waals surface area contributed by atoms with Crippen LogP contribution >= 0.6 is 0 Å². The SMILES string of the molecule is Cc1ccc([N+](=O)[O-])[n+]([O-])c1F. The van der Waals surface area contributed by atoms with Gasteiger partial charge in [0.15, 0.2) is 0 Å². The molecule has 0 fully saturated rings. The minimum absolute atomic E-state index is 0.0793. The molecule has 0 spiro atoms. The molecule has 0 amide bonds. The van der Waals surface area contributed by atoms with Gasteiger partial charge < -0.3 is 5.21 Å². The highest BCUT2D eigenvalue weighted by molar-refractivity contribution is 5.16. The number of nitro groups is 1. The molecule has 1 aromatic heterocycles. The van der Waals surface area contributed by atoms with Crippen molar-refractivity contribution in [3.8, 4) is 0 Å². The molecule has 0 bridgehead atoms. The first-order valence-corrected chi connectivity index (χ1v) is 3.07. The molecule has 0 aliphatic rings. The van der Waals surface area contributed by atoms with Gasteiger partial charge >= 0.3 is 11.8 Å². The van der Waals surface area contributed by atoms with Crippen LogP contribution in [0.2, 0.25) is 0 Å². The average Bonchev–Trinajstić information content (AvgIpc) is 2.00. The predicted molar refractivity (Wildman–Crippen MR) is 36.8 cm³/mol. The van der Waals surface area contributed by atoms with E-state index in [1.165, 1.54) is 13.0 Å². The van der Waals surface area contributed by atoms with E-state index in [1.54, 1.807) is 0 Å². The molecule has 0 unspecified atom stereocenters. The van der Waals surface area contributed by atoms with Gasteiger partial charge in [0.05, 0.1) is 11.6 Å². The van der Waals surface area contributed by atoms with E-state index in [1.807, 2.05) is 0 Å². The zero-order valence-electron chi connectivity index (χ0n) is 6.15. The smallest absolute Gasteiger partial charge is 0.515 e. The molecule has 1 heterocycles. The molecular weight excluding hydrogens is 167 g/mol. The highest BCUT2D eigenvalue weighted by Gasteiger charge is 2.22. The molecule has 0 saturated heterocycles. The molecule has 0 aromatic carbocycles. The third kappa shape index (κ3) is 1.18. The first kappa shape index (κ1) is 8.38. The minimum Gasteiger partial charge on any atom is -0.612 e. The topological polar surface area (TPSA) is 70.1 Å². The van der Waals surface area contributed by atoms with E-state index in [4.69, 9.17) is 0 Å². The van der Waals surface area contributed by atoms with Crippen molar-refractivity contribution in [1.82, 2.24) is 0 Å². The highest BCUT2D eigenvalue weighted by Crippen LogP contribution is 2.07. The van der Waals surface area contributed by atoms with Crippen LogP contribution in [-0.2, 0) is 0 Å². The van der Waals surface area contributed by atoms with Gasteiger partial charge in [0.1, 0.15) is 4.92 Å². The van der Waals surface area contributed by atoms with Crippen LogP contribution in [0.1, 0.15) is 5.56 Å². The molecule has 12 heavy (non-hydrogen) atoms. The fraction of sp³-hybridized carbons (Fsp3) is 0.167. The second kappa shape index (κ2) is 2.72. The van der Waals surface area contributed by atoms with E-state index in [0.29, 0.717) is 0 Å². The van der Waals surface area contributed by atoms with Crippen LogP contribution in [0.3, 0.4) is 0 Å². The summed E-state index contributed by atoms with van der Waals surface area (Å²) in [5.41, 5.74) is 0.0793. The number of aryl methyl sites for hydroxylation is 1. The van der Waals surface area contributed by atoms with Crippen molar-refractivity contribution in [2.24, 2.45) is 0 Å². The van der Waals surface area contributed by atoms with E-state index < -0.39 is 16.7 Å². The number of hydrogen-bond donors (Lipinski definition) is 0. The van der Waals surface area contributed by atoms with E-state index in [0.717, 1.165) is 6.07 Å². The van der Waals surface area contributed by atoms with Gasteiger partial charge in [-0.25, -0.2) is 0 Å². The van der Waals surface area contributed by atoms with Gasteiger partial charge in [-0.2, -0.15) is 0 Å². The molecular formula is C6H5FN2O3. The van der Waals surface area contributed by atoms with Gasteiger partial charge in [-0.15, -0.1) is 4.39 Å². The van der Waals surface area contributed by atoms with Gasteiger partial charge in [-0.05, 0) is 13.0 Å². The number of rotatable bonds is 1.